The number of ether oxygens (including phenoxy) is 2. The molecule has 0 spiro atoms. The fourth-order valence-corrected chi connectivity index (χ4v) is 4.13. The second-order valence-corrected chi connectivity index (χ2v) is 7.88. The Balaban J connectivity index is 0.00000256. The Hall–Kier alpha value is -1.58. The number of piperidine rings is 1. The first-order chi connectivity index (χ1) is 14.2. The van der Waals surface area contributed by atoms with Crippen molar-refractivity contribution < 1.29 is 13.9 Å². The molecule has 4 rings (SSSR count). The molecular formula is C23H32IN3O3. The molecule has 0 saturated carbocycles. The van der Waals surface area contributed by atoms with E-state index in [0.717, 1.165) is 50.6 Å². The van der Waals surface area contributed by atoms with E-state index in [1.165, 1.54) is 5.56 Å². The summed E-state index contributed by atoms with van der Waals surface area (Å²) in [4.78, 5) is 7.30. The smallest absolute Gasteiger partial charge is 0.194 e. The minimum atomic E-state index is -0.475. The number of hydrogen-bond donors (Lipinski definition) is 1. The third-order valence-corrected chi connectivity index (χ3v) is 5.81. The largest absolute Gasteiger partial charge is 0.469 e. The molecular weight excluding hydrogens is 493 g/mol. The van der Waals surface area contributed by atoms with Gasteiger partial charge in [-0.05, 0) is 37.5 Å². The van der Waals surface area contributed by atoms with Gasteiger partial charge >= 0.3 is 0 Å². The van der Waals surface area contributed by atoms with E-state index in [-0.39, 0.29) is 24.0 Å². The van der Waals surface area contributed by atoms with Gasteiger partial charge in [-0.25, -0.2) is 4.99 Å². The van der Waals surface area contributed by atoms with Crippen molar-refractivity contribution in [3.05, 3.63) is 60.1 Å². The molecule has 2 aromatic rings. The summed E-state index contributed by atoms with van der Waals surface area (Å²) < 4.78 is 17.4. The van der Waals surface area contributed by atoms with Crippen molar-refractivity contribution in [3.63, 3.8) is 0 Å². The number of benzene rings is 1. The molecule has 164 valence electrons. The van der Waals surface area contributed by atoms with Crippen LogP contribution in [0.25, 0.3) is 0 Å². The number of likely N-dealkylation sites (tertiary alicyclic amines) is 1. The van der Waals surface area contributed by atoms with Crippen LogP contribution in [0.2, 0.25) is 0 Å². The van der Waals surface area contributed by atoms with Gasteiger partial charge in [0, 0.05) is 32.0 Å². The van der Waals surface area contributed by atoms with Gasteiger partial charge in [0.05, 0.1) is 26.0 Å². The van der Waals surface area contributed by atoms with E-state index >= 15 is 0 Å². The maximum absolute atomic E-state index is 5.95. The van der Waals surface area contributed by atoms with Crippen LogP contribution in [0.15, 0.2) is 58.1 Å². The number of guanidine groups is 1. The van der Waals surface area contributed by atoms with Crippen LogP contribution >= 0.6 is 24.0 Å². The lowest BCUT2D eigenvalue weighted by Crippen LogP contribution is -2.52. The fraction of sp³-hybridized carbons (Fsp3) is 0.522. The number of nitrogens with one attached hydrogen (secondary N) is 1. The lowest BCUT2D eigenvalue weighted by Gasteiger charge is -2.41. The average Bonchev–Trinajstić information content (AvgIpc) is 3.44. The van der Waals surface area contributed by atoms with Crippen LogP contribution in [0, 0.1) is 5.92 Å². The molecule has 2 saturated heterocycles. The molecule has 2 aliphatic heterocycles. The molecule has 6 nitrogen and oxygen atoms in total. The molecule has 0 radical (unpaired) electrons. The van der Waals surface area contributed by atoms with Gasteiger partial charge in [-0.3, -0.25) is 0 Å². The van der Waals surface area contributed by atoms with Crippen LogP contribution in [0.4, 0.5) is 0 Å². The van der Waals surface area contributed by atoms with Crippen molar-refractivity contribution in [2.75, 3.05) is 32.8 Å². The monoisotopic (exact) mass is 525 g/mol. The van der Waals surface area contributed by atoms with Gasteiger partial charge in [0.1, 0.15) is 5.76 Å². The molecule has 0 aliphatic carbocycles. The Morgan fingerprint density at radius 3 is 2.70 bits per heavy atom. The van der Waals surface area contributed by atoms with Gasteiger partial charge in [-0.2, -0.15) is 0 Å². The molecule has 0 bridgehead atoms. The Bertz CT molecular complexity index is 776. The number of furan rings is 1. The molecule has 2 aliphatic rings. The van der Waals surface area contributed by atoms with Gasteiger partial charge < -0.3 is 24.1 Å². The van der Waals surface area contributed by atoms with Crippen LogP contribution in [-0.2, 0) is 22.4 Å². The highest BCUT2D eigenvalue weighted by Crippen LogP contribution is 2.34. The molecule has 1 aromatic carbocycles. The zero-order valence-corrected chi connectivity index (χ0v) is 19.9. The first-order valence-corrected chi connectivity index (χ1v) is 10.6. The normalized spacial score (nSPS) is 21.3. The van der Waals surface area contributed by atoms with Crippen LogP contribution in [-0.4, -0.2) is 49.5 Å². The van der Waals surface area contributed by atoms with E-state index in [4.69, 9.17) is 18.9 Å². The molecule has 0 amide bonds. The summed E-state index contributed by atoms with van der Waals surface area (Å²) in [5.41, 5.74) is 1.21. The Morgan fingerprint density at radius 2 is 1.97 bits per heavy atom. The molecule has 7 heteroatoms. The van der Waals surface area contributed by atoms with Crippen molar-refractivity contribution in [3.8, 4) is 0 Å². The fourth-order valence-electron chi connectivity index (χ4n) is 4.13. The Labute approximate surface area is 196 Å². The summed E-state index contributed by atoms with van der Waals surface area (Å²) in [5.74, 6) is 1.80. The molecule has 1 atom stereocenters. The second kappa shape index (κ2) is 11.2. The topological polar surface area (TPSA) is 59.2 Å². The van der Waals surface area contributed by atoms with E-state index in [2.05, 4.69) is 41.4 Å². The van der Waals surface area contributed by atoms with E-state index in [1.54, 1.807) is 6.26 Å². The summed E-state index contributed by atoms with van der Waals surface area (Å²) in [5, 5.41) is 3.56. The van der Waals surface area contributed by atoms with E-state index in [1.807, 2.05) is 18.2 Å². The minimum absolute atomic E-state index is 0. The predicted molar refractivity (Wildman–Crippen MR) is 128 cm³/mol. The van der Waals surface area contributed by atoms with Crippen LogP contribution in [0.1, 0.15) is 31.1 Å². The van der Waals surface area contributed by atoms with Gasteiger partial charge in [0.15, 0.2) is 11.7 Å². The van der Waals surface area contributed by atoms with E-state index in [0.29, 0.717) is 25.7 Å². The summed E-state index contributed by atoms with van der Waals surface area (Å²) in [6, 6.07) is 14.3. The van der Waals surface area contributed by atoms with Crippen LogP contribution in [0.5, 0.6) is 0 Å². The highest BCUT2D eigenvalue weighted by molar-refractivity contribution is 14.0. The highest BCUT2D eigenvalue weighted by atomic mass is 127. The van der Waals surface area contributed by atoms with E-state index < -0.39 is 5.79 Å². The molecule has 2 fully saturated rings. The summed E-state index contributed by atoms with van der Waals surface area (Å²) in [6.07, 6.45) is 4.78. The van der Waals surface area contributed by atoms with Crippen LogP contribution in [0.3, 0.4) is 0 Å². The van der Waals surface area contributed by atoms with Gasteiger partial charge in [-0.15, -0.1) is 24.0 Å². The lowest BCUT2D eigenvalue weighted by atomic mass is 9.90. The number of hydrogen-bond acceptors (Lipinski definition) is 4. The molecule has 1 unspecified atom stereocenters. The number of nitrogens with zero attached hydrogens (tertiary/aromatic N) is 2. The highest BCUT2D eigenvalue weighted by Gasteiger charge is 2.42. The first-order valence-electron chi connectivity index (χ1n) is 10.6. The van der Waals surface area contributed by atoms with Crippen molar-refractivity contribution in [1.29, 1.82) is 0 Å². The summed E-state index contributed by atoms with van der Waals surface area (Å²) in [6.45, 7) is 6.78. The van der Waals surface area contributed by atoms with Crippen molar-refractivity contribution >= 4 is 29.9 Å². The molecule has 3 heterocycles. The maximum atomic E-state index is 5.95. The molecule has 30 heavy (non-hydrogen) atoms. The number of rotatable bonds is 6. The Morgan fingerprint density at radius 1 is 1.17 bits per heavy atom. The Kier molecular flexibility index (Phi) is 8.59. The number of aliphatic imine (C=N–C) groups is 1. The second-order valence-electron chi connectivity index (χ2n) is 7.88. The lowest BCUT2D eigenvalue weighted by molar-refractivity contribution is -0.189. The SMILES string of the molecule is CC1(C2CCCN(C(=NCc3ccccc3)NCCc3ccco3)C2)OCCO1.I. The zero-order chi connectivity index (χ0) is 19.9. The quantitative estimate of drug-likeness (QED) is 0.350. The van der Waals surface area contributed by atoms with Gasteiger partial charge in [0.25, 0.3) is 0 Å². The predicted octanol–water partition coefficient (Wildman–Crippen LogP) is 4.06. The van der Waals surface area contributed by atoms with Crippen molar-refractivity contribution in [2.24, 2.45) is 10.9 Å². The van der Waals surface area contributed by atoms with E-state index in [9.17, 15) is 0 Å². The standard InChI is InChI=1S/C23H31N3O3.HI/c1-23(28-15-16-29-23)20-9-5-13-26(18-20)22(24-12-11-21-10-6-14-27-21)25-17-19-7-3-2-4-8-19;/h2-4,6-8,10,14,20H,5,9,11-13,15-18H2,1H3,(H,24,25);1H. The number of halogens is 1. The third-order valence-electron chi connectivity index (χ3n) is 5.81. The maximum Gasteiger partial charge on any atom is 0.194 e. The molecule has 1 aromatic heterocycles. The van der Waals surface area contributed by atoms with Gasteiger partial charge in [-0.1, -0.05) is 30.3 Å². The third kappa shape index (κ3) is 5.98. The van der Waals surface area contributed by atoms with Crippen LogP contribution < -0.4 is 5.32 Å². The minimum Gasteiger partial charge on any atom is -0.469 e. The summed E-state index contributed by atoms with van der Waals surface area (Å²) in [7, 11) is 0. The van der Waals surface area contributed by atoms with Crippen molar-refractivity contribution in [2.45, 2.75) is 38.5 Å². The van der Waals surface area contributed by atoms with Crippen molar-refractivity contribution in [1.82, 2.24) is 10.2 Å². The first kappa shape index (κ1) is 23.1. The summed E-state index contributed by atoms with van der Waals surface area (Å²) >= 11 is 0. The average molecular weight is 525 g/mol. The molecule has 1 N–H and O–H groups in total. The van der Waals surface area contributed by atoms with Gasteiger partial charge in [0.2, 0.25) is 0 Å². The zero-order valence-electron chi connectivity index (χ0n) is 17.6.